The van der Waals surface area contributed by atoms with Crippen LogP contribution in [0.1, 0.15) is 88.5 Å². The Labute approximate surface area is 351 Å². The normalized spacial score (nSPS) is 27.2. The van der Waals surface area contributed by atoms with E-state index in [0.29, 0.717) is 42.7 Å². The highest BCUT2D eigenvalue weighted by molar-refractivity contribution is 6.06. The molecule has 0 radical (unpaired) electrons. The Hall–Kier alpha value is -5.39. The number of imide groups is 1. The molecule has 6 aliphatic heterocycles. The van der Waals surface area contributed by atoms with Gasteiger partial charge in [0.25, 0.3) is 5.91 Å². The number of aromatic hydroxyl groups is 1. The Balaban J connectivity index is 0.700. The molecule has 11 heteroatoms. The molecule has 4 saturated heterocycles. The summed E-state index contributed by atoms with van der Waals surface area (Å²) in [6.45, 7) is 7.46. The number of carbonyl (C=O) groups is 3. The zero-order valence-corrected chi connectivity index (χ0v) is 34.1. The molecular formula is C49H53N5O6. The molecule has 5 atom stereocenters. The molecule has 0 aromatic heterocycles. The van der Waals surface area contributed by atoms with Crippen LogP contribution in [0.15, 0.2) is 84.9 Å². The molecule has 1 aliphatic carbocycles. The molecule has 60 heavy (non-hydrogen) atoms. The molecule has 7 aliphatic rings. The maximum atomic E-state index is 13.4. The van der Waals surface area contributed by atoms with E-state index in [1.165, 1.54) is 27.9 Å². The van der Waals surface area contributed by atoms with Crippen LogP contribution >= 0.6 is 0 Å². The molecule has 6 heterocycles. The minimum atomic E-state index is -0.639. The number of carbonyl (C=O) groups excluding carboxylic acids is 3. The Kier molecular flexibility index (Phi) is 9.37. The van der Waals surface area contributed by atoms with E-state index in [9.17, 15) is 19.5 Å². The Bertz CT molecular complexity index is 2330. The Morgan fingerprint density at radius 2 is 1.65 bits per heavy atom. The molecular weight excluding hydrogens is 755 g/mol. The molecule has 11 nitrogen and oxygen atoms in total. The first kappa shape index (κ1) is 37.6. The lowest BCUT2D eigenvalue weighted by atomic mass is 9.69. The van der Waals surface area contributed by atoms with Gasteiger partial charge in [0, 0.05) is 68.4 Å². The van der Waals surface area contributed by atoms with E-state index >= 15 is 0 Å². The average molecular weight is 808 g/mol. The number of phenolic OH excluding ortho intramolecular Hbond substituents is 1. The maximum absolute atomic E-state index is 13.4. The number of piperazine rings is 1. The number of anilines is 2. The molecule has 2 unspecified atom stereocenters. The van der Waals surface area contributed by atoms with E-state index in [2.05, 4.69) is 80.7 Å². The predicted molar refractivity (Wildman–Crippen MR) is 228 cm³/mol. The summed E-state index contributed by atoms with van der Waals surface area (Å²) >= 11 is 0. The van der Waals surface area contributed by atoms with Gasteiger partial charge >= 0.3 is 0 Å². The van der Waals surface area contributed by atoms with Crippen molar-refractivity contribution in [2.75, 3.05) is 62.3 Å². The number of nitrogens with one attached hydrogen (secondary N) is 1. The number of piperidine rings is 2. The highest BCUT2D eigenvalue weighted by atomic mass is 16.5. The first-order chi connectivity index (χ1) is 29.3. The van der Waals surface area contributed by atoms with Crippen molar-refractivity contribution in [1.29, 1.82) is 0 Å². The summed E-state index contributed by atoms with van der Waals surface area (Å²) < 4.78 is 13.2. The van der Waals surface area contributed by atoms with Crippen LogP contribution in [0.4, 0.5) is 11.4 Å². The van der Waals surface area contributed by atoms with Gasteiger partial charge in [-0.2, -0.15) is 0 Å². The SMILES string of the molecule is O=C1CCC(N2Cc3c(ccc4c3OC[C@H]3CN(CC5COC6(CCN(c7ccc([C@@H]8c9ccc(O)cc9CC[C@@H]8c8ccccc8)cc7)CC6)C5)CCN43)C2=O)C(=O)N1. The van der Waals surface area contributed by atoms with Gasteiger partial charge in [-0.25, -0.2) is 0 Å². The molecule has 3 amide bonds. The summed E-state index contributed by atoms with van der Waals surface area (Å²) in [5, 5.41) is 12.7. The smallest absolute Gasteiger partial charge is 0.255 e. The minimum Gasteiger partial charge on any atom is -0.508 e. The van der Waals surface area contributed by atoms with E-state index in [1.807, 2.05) is 24.3 Å². The second-order valence-electron chi connectivity index (χ2n) is 18.3. The monoisotopic (exact) mass is 807 g/mol. The number of nitrogens with zero attached hydrogens (tertiary/aromatic N) is 4. The third-order valence-electron chi connectivity index (χ3n) is 14.9. The van der Waals surface area contributed by atoms with Gasteiger partial charge in [0.15, 0.2) is 0 Å². The number of aryl methyl sites for hydroxylation is 1. The quantitative estimate of drug-likeness (QED) is 0.228. The van der Waals surface area contributed by atoms with Crippen LogP contribution in [0.2, 0.25) is 0 Å². The summed E-state index contributed by atoms with van der Waals surface area (Å²) in [6.07, 6.45) is 5.79. The van der Waals surface area contributed by atoms with E-state index in [1.54, 1.807) is 4.90 Å². The van der Waals surface area contributed by atoms with Crippen LogP contribution in [-0.4, -0.2) is 103 Å². The Morgan fingerprint density at radius 3 is 2.47 bits per heavy atom. The van der Waals surface area contributed by atoms with Gasteiger partial charge in [0.2, 0.25) is 11.8 Å². The Morgan fingerprint density at radius 1 is 0.817 bits per heavy atom. The van der Waals surface area contributed by atoms with E-state index in [-0.39, 0.29) is 35.8 Å². The second kappa shape index (κ2) is 15.0. The number of hydrogen-bond donors (Lipinski definition) is 2. The van der Waals surface area contributed by atoms with Gasteiger partial charge < -0.3 is 29.3 Å². The summed E-state index contributed by atoms with van der Waals surface area (Å²) in [5.74, 6) is 1.41. The minimum absolute atomic E-state index is 0.0460. The number of hydrogen-bond acceptors (Lipinski definition) is 9. The zero-order chi connectivity index (χ0) is 40.5. The topological polar surface area (TPSA) is 115 Å². The third-order valence-corrected chi connectivity index (χ3v) is 14.9. The molecule has 0 bridgehead atoms. The highest BCUT2D eigenvalue weighted by Gasteiger charge is 2.46. The van der Waals surface area contributed by atoms with Crippen molar-refractivity contribution < 1.29 is 29.0 Å². The fourth-order valence-electron chi connectivity index (χ4n) is 11.8. The van der Waals surface area contributed by atoms with Crippen molar-refractivity contribution in [3.8, 4) is 11.5 Å². The zero-order valence-electron chi connectivity index (χ0n) is 34.1. The molecule has 0 saturated carbocycles. The summed E-state index contributed by atoms with van der Waals surface area (Å²) in [4.78, 5) is 46.9. The first-order valence-electron chi connectivity index (χ1n) is 22.1. The van der Waals surface area contributed by atoms with Crippen LogP contribution < -0.4 is 19.9 Å². The van der Waals surface area contributed by atoms with Gasteiger partial charge in [0.1, 0.15) is 24.1 Å². The van der Waals surface area contributed by atoms with Gasteiger partial charge in [-0.3, -0.25) is 24.6 Å². The molecule has 310 valence electrons. The lowest BCUT2D eigenvalue weighted by Crippen LogP contribution is -2.58. The van der Waals surface area contributed by atoms with Crippen LogP contribution in [0.5, 0.6) is 11.5 Å². The van der Waals surface area contributed by atoms with Crippen LogP contribution in [-0.2, 0) is 27.3 Å². The van der Waals surface area contributed by atoms with Crippen molar-refractivity contribution in [2.45, 2.75) is 81.0 Å². The lowest BCUT2D eigenvalue weighted by molar-refractivity contribution is -0.136. The van der Waals surface area contributed by atoms with Gasteiger partial charge in [0.05, 0.1) is 30.5 Å². The fourth-order valence-corrected chi connectivity index (χ4v) is 11.8. The third kappa shape index (κ3) is 6.61. The molecule has 2 N–H and O–H groups in total. The van der Waals surface area contributed by atoms with Crippen LogP contribution in [0.25, 0.3) is 0 Å². The lowest BCUT2D eigenvalue weighted by Gasteiger charge is -2.46. The number of benzene rings is 4. The van der Waals surface area contributed by atoms with Crippen molar-refractivity contribution in [2.24, 2.45) is 5.92 Å². The largest absolute Gasteiger partial charge is 0.508 e. The predicted octanol–water partition coefficient (Wildman–Crippen LogP) is 5.97. The van der Waals surface area contributed by atoms with E-state index in [4.69, 9.17) is 9.47 Å². The molecule has 1 spiro atoms. The number of amides is 3. The van der Waals surface area contributed by atoms with Crippen molar-refractivity contribution in [3.05, 3.63) is 118 Å². The molecule has 4 aromatic rings. The molecule has 4 aromatic carbocycles. The fraction of sp³-hybridized carbons (Fsp3) is 0.449. The van der Waals surface area contributed by atoms with E-state index in [0.717, 1.165) is 95.0 Å². The molecule has 4 fully saturated rings. The summed E-state index contributed by atoms with van der Waals surface area (Å²) in [6, 6.07) is 29.7. The van der Waals surface area contributed by atoms with Crippen molar-refractivity contribution >= 4 is 29.1 Å². The number of fused-ring (bicyclic) bond motifs is 6. The number of rotatable bonds is 6. The van der Waals surface area contributed by atoms with Crippen LogP contribution in [0, 0.1) is 5.92 Å². The van der Waals surface area contributed by atoms with Gasteiger partial charge in [-0.15, -0.1) is 0 Å². The highest BCUT2D eigenvalue weighted by Crippen LogP contribution is 2.48. The first-order valence-corrected chi connectivity index (χ1v) is 22.1. The van der Waals surface area contributed by atoms with E-state index < -0.39 is 11.9 Å². The number of ether oxygens (including phenoxy) is 2. The van der Waals surface area contributed by atoms with Crippen molar-refractivity contribution in [3.63, 3.8) is 0 Å². The van der Waals surface area contributed by atoms with Gasteiger partial charge in [-0.05, 0) is 109 Å². The standard InChI is InChI=1S/C49H53N5O6/c55-37-11-13-39-34(24-37)8-12-38(32-4-2-1-3-5-32)45(39)33-6-9-35(10-7-33)52-20-18-49(19-21-52)25-31(29-60-49)26-51-22-23-53-36(27-51)30-59-46-41-28-54(43-16-17-44(56)50-47(43)57)48(58)40(41)14-15-42(46)53/h1-7,9-11,13-15,24,31,36,38,43,45,55H,8,12,16-23,25-30H2,(H,50,56,57)/t31?,36-,38-,43?,45+/m1/s1. The molecule has 11 rings (SSSR count). The average Bonchev–Trinajstić information content (AvgIpc) is 3.82. The maximum Gasteiger partial charge on any atom is 0.255 e. The summed E-state index contributed by atoms with van der Waals surface area (Å²) in [7, 11) is 0. The summed E-state index contributed by atoms with van der Waals surface area (Å²) in [5.41, 5.74) is 9.00. The van der Waals surface area contributed by atoms with Crippen LogP contribution in [0.3, 0.4) is 0 Å². The number of phenols is 1. The second-order valence-corrected chi connectivity index (χ2v) is 18.3. The van der Waals surface area contributed by atoms with Crippen molar-refractivity contribution in [1.82, 2.24) is 15.1 Å². The van der Waals surface area contributed by atoms with Gasteiger partial charge in [-0.1, -0.05) is 48.5 Å².